The third-order valence-electron chi connectivity index (χ3n) is 1.87. The summed E-state index contributed by atoms with van der Waals surface area (Å²) >= 11 is 0. The first-order chi connectivity index (χ1) is 7.72. The molecule has 8 nitrogen and oxygen atoms in total. The molecule has 0 saturated heterocycles. The third-order valence-corrected chi connectivity index (χ3v) is 1.87. The quantitative estimate of drug-likeness (QED) is 0.660. The second kappa shape index (κ2) is 4.01. The molecule has 1 amide bonds. The Kier molecular flexibility index (Phi) is 2.54. The standard InChI is InChI=1S/C8H10N6O2/c1-2-10-7(15)6-12-8(16-14-6)4-3-11-13-5(4)9/h3H,2H2,1H3,(H,10,15)(H3,9,11,13). The fraction of sp³-hybridized carbons (Fsp3) is 0.250. The van der Waals surface area contributed by atoms with Gasteiger partial charge in [-0.2, -0.15) is 10.1 Å². The van der Waals surface area contributed by atoms with Crippen LogP contribution in [-0.2, 0) is 0 Å². The zero-order valence-corrected chi connectivity index (χ0v) is 8.52. The zero-order chi connectivity index (χ0) is 11.5. The van der Waals surface area contributed by atoms with Crippen LogP contribution in [0.25, 0.3) is 11.5 Å². The van der Waals surface area contributed by atoms with Gasteiger partial charge >= 0.3 is 0 Å². The van der Waals surface area contributed by atoms with Gasteiger partial charge in [-0.1, -0.05) is 5.16 Å². The van der Waals surface area contributed by atoms with Gasteiger partial charge in [-0.15, -0.1) is 0 Å². The number of nitrogens with one attached hydrogen (secondary N) is 2. The van der Waals surface area contributed by atoms with Gasteiger partial charge in [0, 0.05) is 6.54 Å². The van der Waals surface area contributed by atoms with Crippen LogP contribution < -0.4 is 11.1 Å². The normalized spacial score (nSPS) is 10.3. The molecule has 2 rings (SSSR count). The summed E-state index contributed by atoms with van der Waals surface area (Å²) in [5, 5.41) is 12.3. The molecule has 2 aromatic heterocycles. The van der Waals surface area contributed by atoms with E-state index >= 15 is 0 Å². The van der Waals surface area contributed by atoms with Crippen molar-refractivity contribution in [3.8, 4) is 11.5 Å². The number of aromatic amines is 1. The number of nitrogens with zero attached hydrogens (tertiary/aromatic N) is 3. The molecule has 4 N–H and O–H groups in total. The highest BCUT2D eigenvalue weighted by atomic mass is 16.5. The van der Waals surface area contributed by atoms with Crippen molar-refractivity contribution in [2.75, 3.05) is 12.3 Å². The van der Waals surface area contributed by atoms with E-state index in [-0.39, 0.29) is 17.6 Å². The highest BCUT2D eigenvalue weighted by molar-refractivity contribution is 5.90. The Bertz CT molecular complexity index is 502. The molecule has 0 atom stereocenters. The van der Waals surface area contributed by atoms with Crippen LogP contribution in [0, 0.1) is 0 Å². The maximum absolute atomic E-state index is 11.4. The van der Waals surface area contributed by atoms with Crippen LogP contribution in [-0.4, -0.2) is 32.8 Å². The number of H-pyrrole nitrogens is 1. The molecule has 0 saturated carbocycles. The molecule has 0 aliphatic carbocycles. The van der Waals surface area contributed by atoms with Gasteiger partial charge in [-0.05, 0) is 6.92 Å². The highest BCUT2D eigenvalue weighted by Crippen LogP contribution is 2.20. The summed E-state index contributed by atoms with van der Waals surface area (Å²) in [6.45, 7) is 2.30. The molecule has 0 fully saturated rings. The van der Waals surface area contributed by atoms with Gasteiger partial charge in [-0.25, -0.2) is 0 Å². The van der Waals surface area contributed by atoms with Gasteiger partial charge < -0.3 is 15.6 Å². The first-order valence-corrected chi connectivity index (χ1v) is 4.63. The summed E-state index contributed by atoms with van der Waals surface area (Å²) in [4.78, 5) is 15.3. The van der Waals surface area contributed by atoms with Gasteiger partial charge in [0.25, 0.3) is 17.6 Å². The summed E-state index contributed by atoms with van der Waals surface area (Å²) in [5.41, 5.74) is 6.05. The number of carbonyl (C=O) groups is 1. The molecule has 0 radical (unpaired) electrons. The van der Waals surface area contributed by atoms with E-state index in [4.69, 9.17) is 10.3 Å². The average Bonchev–Trinajstić information content (AvgIpc) is 2.86. The monoisotopic (exact) mass is 222 g/mol. The summed E-state index contributed by atoms with van der Waals surface area (Å²) in [7, 11) is 0. The number of amides is 1. The number of aromatic nitrogens is 4. The number of carbonyl (C=O) groups excluding carboxylic acids is 1. The first-order valence-electron chi connectivity index (χ1n) is 4.63. The molecule has 2 heterocycles. The number of hydrogen-bond donors (Lipinski definition) is 3. The first kappa shape index (κ1) is 10.1. The number of hydrogen-bond acceptors (Lipinski definition) is 6. The number of rotatable bonds is 3. The molecular formula is C8H10N6O2. The zero-order valence-electron chi connectivity index (χ0n) is 8.52. The van der Waals surface area contributed by atoms with E-state index in [1.807, 2.05) is 0 Å². The Hall–Kier alpha value is -2.38. The van der Waals surface area contributed by atoms with Crippen molar-refractivity contribution in [1.82, 2.24) is 25.7 Å². The van der Waals surface area contributed by atoms with E-state index in [2.05, 4.69) is 25.7 Å². The lowest BCUT2D eigenvalue weighted by molar-refractivity contribution is 0.0942. The summed E-state index contributed by atoms with van der Waals surface area (Å²) in [6.07, 6.45) is 1.45. The van der Waals surface area contributed by atoms with E-state index in [0.29, 0.717) is 17.9 Å². The van der Waals surface area contributed by atoms with Crippen LogP contribution in [0.4, 0.5) is 5.82 Å². The Labute approximate surface area is 90.2 Å². The predicted octanol–water partition coefficient (Wildman–Crippen LogP) is -0.208. The Morgan fingerprint density at radius 1 is 1.69 bits per heavy atom. The van der Waals surface area contributed by atoms with Crippen LogP contribution >= 0.6 is 0 Å². The van der Waals surface area contributed by atoms with Crippen molar-refractivity contribution in [2.24, 2.45) is 0 Å². The van der Waals surface area contributed by atoms with Crippen molar-refractivity contribution >= 4 is 11.7 Å². The Morgan fingerprint density at radius 3 is 3.12 bits per heavy atom. The van der Waals surface area contributed by atoms with Crippen LogP contribution in [0.2, 0.25) is 0 Å². The molecule has 0 aliphatic rings. The van der Waals surface area contributed by atoms with Gasteiger partial charge in [-0.3, -0.25) is 9.89 Å². The Morgan fingerprint density at radius 2 is 2.50 bits per heavy atom. The lowest BCUT2D eigenvalue weighted by Crippen LogP contribution is -2.23. The van der Waals surface area contributed by atoms with Crippen LogP contribution in [0.3, 0.4) is 0 Å². The maximum atomic E-state index is 11.4. The van der Waals surface area contributed by atoms with Crippen molar-refractivity contribution in [1.29, 1.82) is 0 Å². The molecule has 0 bridgehead atoms. The predicted molar refractivity (Wildman–Crippen MR) is 54.3 cm³/mol. The minimum absolute atomic E-state index is 0.0301. The summed E-state index contributed by atoms with van der Waals surface area (Å²) in [5.74, 6) is 0.0515. The molecule has 16 heavy (non-hydrogen) atoms. The van der Waals surface area contributed by atoms with E-state index in [1.165, 1.54) is 6.20 Å². The molecule has 2 aromatic rings. The smallest absolute Gasteiger partial charge is 0.292 e. The average molecular weight is 222 g/mol. The molecule has 0 unspecified atom stereocenters. The van der Waals surface area contributed by atoms with Crippen molar-refractivity contribution in [3.63, 3.8) is 0 Å². The molecule has 0 aromatic carbocycles. The number of nitrogens with two attached hydrogens (primary N) is 1. The second-order valence-electron chi connectivity index (χ2n) is 2.98. The molecular weight excluding hydrogens is 212 g/mol. The number of anilines is 1. The van der Waals surface area contributed by atoms with Crippen LogP contribution in [0.5, 0.6) is 0 Å². The molecule has 84 valence electrons. The maximum Gasteiger partial charge on any atom is 0.292 e. The van der Waals surface area contributed by atoms with E-state index in [9.17, 15) is 4.79 Å². The van der Waals surface area contributed by atoms with Gasteiger partial charge in [0.05, 0.1) is 6.20 Å². The molecule has 0 spiro atoms. The minimum atomic E-state index is -0.389. The van der Waals surface area contributed by atoms with Crippen molar-refractivity contribution in [3.05, 3.63) is 12.0 Å². The molecule has 8 heteroatoms. The SMILES string of the molecule is CCNC(=O)c1noc(-c2cn[nH]c2N)n1. The summed E-state index contributed by atoms with van der Waals surface area (Å²) in [6, 6.07) is 0. The van der Waals surface area contributed by atoms with Crippen LogP contribution in [0.15, 0.2) is 10.7 Å². The van der Waals surface area contributed by atoms with Gasteiger partial charge in [0.15, 0.2) is 0 Å². The second-order valence-corrected chi connectivity index (χ2v) is 2.98. The van der Waals surface area contributed by atoms with Crippen molar-refractivity contribution in [2.45, 2.75) is 6.92 Å². The fourth-order valence-electron chi connectivity index (χ4n) is 1.13. The lowest BCUT2D eigenvalue weighted by Gasteiger charge is -1.93. The fourth-order valence-corrected chi connectivity index (χ4v) is 1.13. The summed E-state index contributed by atoms with van der Waals surface area (Å²) < 4.78 is 4.90. The van der Waals surface area contributed by atoms with Gasteiger partial charge in [0.1, 0.15) is 11.4 Å². The van der Waals surface area contributed by atoms with E-state index in [0.717, 1.165) is 0 Å². The highest BCUT2D eigenvalue weighted by Gasteiger charge is 2.17. The third kappa shape index (κ3) is 1.72. The lowest BCUT2D eigenvalue weighted by atomic mass is 10.3. The topological polar surface area (TPSA) is 123 Å². The largest absolute Gasteiger partial charge is 0.383 e. The van der Waals surface area contributed by atoms with Gasteiger partial charge in [0.2, 0.25) is 0 Å². The van der Waals surface area contributed by atoms with E-state index < -0.39 is 0 Å². The molecule has 0 aliphatic heterocycles. The Balaban J connectivity index is 2.26. The van der Waals surface area contributed by atoms with Crippen LogP contribution in [0.1, 0.15) is 17.5 Å². The minimum Gasteiger partial charge on any atom is -0.383 e. The number of nitrogen functional groups attached to an aromatic ring is 1. The van der Waals surface area contributed by atoms with Crippen molar-refractivity contribution < 1.29 is 9.32 Å². The van der Waals surface area contributed by atoms with E-state index in [1.54, 1.807) is 6.92 Å².